The van der Waals surface area contributed by atoms with Crippen LogP contribution in [0.1, 0.15) is 23.9 Å². The minimum Gasteiger partial charge on any atom is -0.380 e. The Balaban J connectivity index is 1.66. The first-order valence-electron chi connectivity index (χ1n) is 7.00. The van der Waals surface area contributed by atoms with Crippen LogP contribution in [0.15, 0.2) is 24.8 Å². The lowest BCUT2D eigenvalue weighted by Gasteiger charge is -2.22. The Morgan fingerprint density at radius 1 is 1.50 bits per heavy atom. The highest BCUT2D eigenvalue weighted by Crippen LogP contribution is 2.31. The fourth-order valence-corrected chi connectivity index (χ4v) is 2.90. The molecule has 0 aliphatic carbocycles. The molecule has 0 saturated carbocycles. The SMILES string of the molecule is CO[C@@H]1CC(c2ncc[nH]2)N(CCc2cnn(C)c2)C1. The van der Waals surface area contributed by atoms with Gasteiger partial charge >= 0.3 is 0 Å². The van der Waals surface area contributed by atoms with Crippen molar-refractivity contribution in [2.45, 2.75) is 25.0 Å². The van der Waals surface area contributed by atoms with E-state index in [4.69, 9.17) is 4.74 Å². The summed E-state index contributed by atoms with van der Waals surface area (Å²) in [4.78, 5) is 10.1. The minimum absolute atomic E-state index is 0.291. The molecule has 1 saturated heterocycles. The van der Waals surface area contributed by atoms with Gasteiger partial charge in [0.15, 0.2) is 0 Å². The summed E-state index contributed by atoms with van der Waals surface area (Å²) in [5.74, 6) is 1.04. The molecule has 1 aliphatic rings. The molecule has 0 spiro atoms. The molecule has 6 heteroatoms. The summed E-state index contributed by atoms with van der Waals surface area (Å²) in [6.45, 7) is 1.96. The van der Waals surface area contributed by atoms with E-state index in [0.29, 0.717) is 12.1 Å². The molecule has 0 aromatic carbocycles. The fraction of sp³-hybridized carbons (Fsp3) is 0.571. The van der Waals surface area contributed by atoms with E-state index in [2.05, 4.69) is 26.2 Å². The molecule has 108 valence electrons. The zero-order valence-electron chi connectivity index (χ0n) is 12.0. The Morgan fingerprint density at radius 2 is 2.40 bits per heavy atom. The van der Waals surface area contributed by atoms with E-state index < -0.39 is 0 Å². The van der Waals surface area contributed by atoms with Gasteiger partial charge in [-0.2, -0.15) is 5.10 Å². The smallest absolute Gasteiger partial charge is 0.123 e. The molecular weight excluding hydrogens is 254 g/mol. The highest BCUT2D eigenvalue weighted by atomic mass is 16.5. The van der Waals surface area contributed by atoms with Gasteiger partial charge in [0.2, 0.25) is 0 Å². The van der Waals surface area contributed by atoms with Gasteiger partial charge in [-0.1, -0.05) is 0 Å². The second-order valence-corrected chi connectivity index (χ2v) is 5.35. The molecular formula is C14H21N5O. The maximum atomic E-state index is 5.53. The van der Waals surface area contributed by atoms with Crippen molar-refractivity contribution < 1.29 is 4.74 Å². The van der Waals surface area contributed by atoms with Crippen molar-refractivity contribution in [3.05, 3.63) is 36.2 Å². The van der Waals surface area contributed by atoms with Crippen molar-refractivity contribution in [2.75, 3.05) is 20.2 Å². The third kappa shape index (κ3) is 2.76. The Bertz CT molecular complexity index is 536. The number of aromatic amines is 1. The van der Waals surface area contributed by atoms with Gasteiger partial charge in [0.1, 0.15) is 5.82 Å². The zero-order valence-corrected chi connectivity index (χ0v) is 12.0. The second-order valence-electron chi connectivity index (χ2n) is 5.35. The summed E-state index contributed by atoms with van der Waals surface area (Å²) in [7, 11) is 3.74. The van der Waals surface area contributed by atoms with E-state index >= 15 is 0 Å². The number of likely N-dealkylation sites (tertiary alicyclic amines) is 1. The van der Waals surface area contributed by atoms with Gasteiger partial charge in [-0.25, -0.2) is 4.98 Å². The van der Waals surface area contributed by atoms with E-state index in [0.717, 1.165) is 31.8 Å². The number of ether oxygens (including phenoxy) is 1. The lowest BCUT2D eigenvalue weighted by atomic mass is 10.2. The molecule has 6 nitrogen and oxygen atoms in total. The first-order valence-corrected chi connectivity index (χ1v) is 7.00. The van der Waals surface area contributed by atoms with Crippen LogP contribution in [-0.2, 0) is 18.2 Å². The number of methoxy groups -OCH3 is 1. The molecule has 1 fully saturated rings. The Kier molecular flexibility index (Phi) is 3.84. The van der Waals surface area contributed by atoms with Crippen molar-refractivity contribution in [1.29, 1.82) is 0 Å². The Labute approximate surface area is 118 Å². The summed E-state index contributed by atoms with van der Waals surface area (Å²) in [5.41, 5.74) is 1.27. The predicted molar refractivity (Wildman–Crippen MR) is 75.2 cm³/mol. The van der Waals surface area contributed by atoms with Gasteiger partial charge in [0.25, 0.3) is 0 Å². The largest absolute Gasteiger partial charge is 0.380 e. The summed E-state index contributed by atoms with van der Waals surface area (Å²) < 4.78 is 7.37. The summed E-state index contributed by atoms with van der Waals surface area (Å²) in [5, 5.41) is 4.22. The van der Waals surface area contributed by atoms with E-state index in [1.54, 1.807) is 7.11 Å². The summed E-state index contributed by atoms with van der Waals surface area (Å²) in [6, 6.07) is 0.326. The molecule has 2 aromatic rings. The molecule has 3 rings (SSSR count). The van der Waals surface area contributed by atoms with Crippen LogP contribution in [-0.4, -0.2) is 51.0 Å². The van der Waals surface area contributed by atoms with E-state index in [1.807, 2.05) is 30.3 Å². The van der Waals surface area contributed by atoms with Gasteiger partial charge < -0.3 is 9.72 Å². The average molecular weight is 275 g/mol. The molecule has 0 amide bonds. The first-order chi connectivity index (χ1) is 9.76. The van der Waals surface area contributed by atoms with Gasteiger partial charge in [-0.05, 0) is 18.4 Å². The molecule has 1 N–H and O–H groups in total. The van der Waals surface area contributed by atoms with E-state index in [9.17, 15) is 0 Å². The maximum Gasteiger partial charge on any atom is 0.123 e. The van der Waals surface area contributed by atoms with Crippen LogP contribution < -0.4 is 0 Å². The van der Waals surface area contributed by atoms with Gasteiger partial charge in [0, 0.05) is 45.8 Å². The van der Waals surface area contributed by atoms with E-state index in [1.165, 1.54) is 5.56 Å². The van der Waals surface area contributed by atoms with Crippen molar-refractivity contribution in [2.24, 2.45) is 7.05 Å². The van der Waals surface area contributed by atoms with Crippen LogP contribution in [0.2, 0.25) is 0 Å². The lowest BCUT2D eigenvalue weighted by molar-refractivity contribution is 0.108. The number of hydrogen-bond donors (Lipinski definition) is 1. The molecule has 0 radical (unpaired) electrons. The Morgan fingerprint density at radius 3 is 3.05 bits per heavy atom. The van der Waals surface area contributed by atoms with E-state index in [-0.39, 0.29) is 0 Å². The monoisotopic (exact) mass is 275 g/mol. The molecule has 20 heavy (non-hydrogen) atoms. The second kappa shape index (κ2) is 5.76. The molecule has 1 aliphatic heterocycles. The van der Waals surface area contributed by atoms with Gasteiger partial charge in [0.05, 0.1) is 18.3 Å². The number of rotatable bonds is 5. The van der Waals surface area contributed by atoms with Crippen LogP contribution in [0.4, 0.5) is 0 Å². The molecule has 2 aromatic heterocycles. The first kappa shape index (κ1) is 13.3. The number of nitrogens with zero attached hydrogens (tertiary/aromatic N) is 4. The topological polar surface area (TPSA) is 59.0 Å². The highest BCUT2D eigenvalue weighted by molar-refractivity contribution is 5.06. The third-order valence-electron chi connectivity index (χ3n) is 3.98. The molecule has 0 bridgehead atoms. The fourth-order valence-electron chi connectivity index (χ4n) is 2.90. The van der Waals surface area contributed by atoms with Crippen molar-refractivity contribution in [3.8, 4) is 0 Å². The maximum absolute atomic E-state index is 5.53. The number of hydrogen-bond acceptors (Lipinski definition) is 4. The summed E-state index contributed by atoms with van der Waals surface area (Å²) >= 11 is 0. The quantitative estimate of drug-likeness (QED) is 0.889. The van der Waals surface area contributed by atoms with Crippen LogP contribution in [0.3, 0.4) is 0 Å². The standard InChI is InChI=1S/C14H21N5O/c1-18-9-11(8-17-18)3-6-19-10-12(20-2)7-13(19)14-15-4-5-16-14/h4-5,8-9,12-13H,3,6-7,10H2,1-2H3,(H,15,16)/t12-,13?/m1/s1. The lowest BCUT2D eigenvalue weighted by Crippen LogP contribution is -2.28. The van der Waals surface area contributed by atoms with Crippen LogP contribution in [0, 0.1) is 0 Å². The van der Waals surface area contributed by atoms with Crippen molar-refractivity contribution in [3.63, 3.8) is 0 Å². The number of aromatic nitrogens is 4. The number of aryl methyl sites for hydroxylation is 1. The van der Waals surface area contributed by atoms with Crippen LogP contribution in [0.5, 0.6) is 0 Å². The predicted octanol–water partition coefficient (Wildman–Crippen LogP) is 1.15. The number of imidazole rings is 1. The van der Waals surface area contributed by atoms with Gasteiger partial charge in [-0.15, -0.1) is 0 Å². The Hall–Kier alpha value is -1.66. The minimum atomic E-state index is 0.291. The molecule has 2 atom stereocenters. The molecule has 1 unspecified atom stereocenters. The van der Waals surface area contributed by atoms with Crippen molar-refractivity contribution in [1.82, 2.24) is 24.6 Å². The normalized spacial score (nSPS) is 23.5. The highest BCUT2D eigenvalue weighted by Gasteiger charge is 2.34. The average Bonchev–Trinajstić information content (AvgIpc) is 3.16. The number of H-pyrrole nitrogens is 1. The van der Waals surface area contributed by atoms with Crippen LogP contribution in [0.25, 0.3) is 0 Å². The molecule has 3 heterocycles. The third-order valence-corrected chi connectivity index (χ3v) is 3.98. The van der Waals surface area contributed by atoms with Gasteiger partial charge in [-0.3, -0.25) is 9.58 Å². The zero-order chi connectivity index (χ0) is 13.9. The number of nitrogens with one attached hydrogen (secondary N) is 1. The summed E-state index contributed by atoms with van der Waals surface area (Å²) in [6.07, 6.45) is 10.00. The van der Waals surface area contributed by atoms with Crippen LogP contribution >= 0.6 is 0 Å². The van der Waals surface area contributed by atoms with Crippen molar-refractivity contribution >= 4 is 0 Å².